The molecule has 1 aliphatic carbocycles. The largest absolute Gasteiger partial charge is 0.356 e. The number of sulfonamides is 1. The van der Waals surface area contributed by atoms with E-state index in [2.05, 4.69) is 10.3 Å². The van der Waals surface area contributed by atoms with Crippen LogP contribution in [0.1, 0.15) is 30.3 Å². The molecule has 2 fully saturated rings. The van der Waals surface area contributed by atoms with Crippen LogP contribution in [-0.2, 0) is 10.0 Å². The number of aromatic amines is 1. The molecule has 1 aliphatic heterocycles. The Morgan fingerprint density at radius 1 is 1.46 bits per heavy atom. The van der Waals surface area contributed by atoms with E-state index in [-0.39, 0.29) is 16.5 Å². The molecule has 0 radical (unpaired) electrons. The van der Waals surface area contributed by atoms with Crippen LogP contribution in [0.2, 0.25) is 0 Å². The topological polar surface area (TPSA) is 108 Å². The summed E-state index contributed by atoms with van der Waals surface area (Å²) in [7, 11) is -3.54. The lowest BCUT2D eigenvalue weighted by Crippen LogP contribution is -2.53. The predicted octanol–water partition coefficient (Wildman–Crippen LogP) is 0.609. The molecule has 1 atom stereocenters. The van der Waals surface area contributed by atoms with E-state index in [4.69, 9.17) is 5.73 Å². The number of nitrogens with two attached hydrogens (primary N) is 1. The lowest BCUT2D eigenvalue weighted by molar-refractivity contribution is 0.0893. The normalized spacial score (nSPS) is 22.1. The summed E-state index contributed by atoms with van der Waals surface area (Å²) < 4.78 is 26.7. The first-order valence-electron chi connectivity index (χ1n) is 8.16. The zero-order chi connectivity index (χ0) is 17.4. The van der Waals surface area contributed by atoms with Crippen molar-refractivity contribution < 1.29 is 13.2 Å². The standard InChI is InChI=1S/C15H24N4O3S2/c1-15(10-16,11-2-3-11)18-14(20)13-8-12(9-17-13)24(21,22)19-4-6-23-7-5-19/h8-9,11,17H,2-7,10,16H2,1H3,(H,18,20). The van der Waals surface area contributed by atoms with Crippen LogP contribution in [0.25, 0.3) is 0 Å². The monoisotopic (exact) mass is 372 g/mol. The molecular formula is C15H24N4O3S2. The average Bonchev–Trinajstić information content (AvgIpc) is 3.32. The fourth-order valence-electron chi connectivity index (χ4n) is 2.96. The van der Waals surface area contributed by atoms with Gasteiger partial charge >= 0.3 is 0 Å². The van der Waals surface area contributed by atoms with Gasteiger partial charge in [0.25, 0.3) is 5.91 Å². The van der Waals surface area contributed by atoms with Gasteiger partial charge < -0.3 is 16.0 Å². The SMILES string of the molecule is CC(CN)(NC(=O)c1cc(S(=O)(=O)N2CCSCC2)c[nH]1)C1CC1. The van der Waals surface area contributed by atoms with Crippen molar-refractivity contribution in [3.8, 4) is 0 Å². The number of amides is 1. The van der Waals surface area contributed by atoms with Gasteiger partial charge in [0, 0.05) is 37.3 Å². The van der Waals surface area contributed by atoms with Gasteiger partial charge in [-0.25, -0.2) is 8.42 Å². The zero-order valence-corrected chi connectivity index (χ0v) is 15.4. The van der Waals surface area contributed by atoms with Gasteiger partial charge in [0.1, 0.15) is 10.6 Å². The lowest BCUT2D eigenvalue weighted by atomic mass is 9.96. The number of H-pyrrole nitrogens is 1. The summed E-state index contributed by atoms with van der Waals surface area (Å²) in [5, 5.41) is 2.96. The molecule has 9 heteroatoms. The van der Waals surface area contributed by atoms with Crippen LogP contribution in [0.5, 0.6) is 0 Å². The lowest BCUT2D eigenvalue weighted by Gasteiger charge is -2.29. The Morgan fingerprint density at radius 3 is 2.71 bits per heavy atom. The molecule has 0 aromatic carbocycles. The molecule has 1 saturated carbocycles. The average molecular weight is 373 g/mol. The molecule has 134 valence electrons. The van der Waals surface area contributed by atoms with Gasteiger partial charge in [-0.3, -0.25) is 4.79 Å². The minimum Gasteiger partial charge on any atom is -0.356 e. The summed E-state index contributed by atoms with van der Waals surface area (Å²) in [6.07, 6.45) is 3.51. The maximum atomic E-state index is 12.6. The van der Waals surface area contributed by atoms with Crippen LogP contribution in [0.15, 0.2) is 17.2 Å². The highest BCUT2D eigenvalue weighted by Gasteiger charge is 2.42. The Labute approximate surface area is 146 Å². The first-order chi connectivity index (χ1) is 11.4. The number of nitrogens with zero attached hydrogens (tertiary/aromatic N) is 1. The van der Waals surface area contributed by atoms with E-state index >= 15 is 0 Å². The minimum atomic E-state index is -3.54. The van der Waals surface area contributed by atoms with Gasteiger partial charge in [0.2, 0.25) is 10.0 Å². The number of carbonyl (C=O) groups excluding carboxylic acids is 1. The van der Waals surface area contributed by atoms with Gasteiger partial charge in [-0.2, -0.15) is 16.1 Å². The Morgan fingerprint density at radius 2 is 2.12 bits per heavy atom. The summed E-state index contributed by atoms with van der Waals surface area (Å²) in [5.41, 5.74) is 5.63. The molecule has 7 nitrogen and oxygen atoms in total. The van der Waals surface area contributed by atoms with Gasteiger partial charge in [-0.1, -0.05) is 0 Å². The molecule has 1 unspecified atom stereocenters. The van der Waals surface area contributed by atoms with Gasteiger partial charge in [-0.05, 0) is 31.7 Å². The number of nitrogens with one attached hydrogen (secondary N) is 2. The van der Waals surface area contributed by atoms with E-state index < -0.39 is 15.6 Å². The molecule has 0 bridgehead atoms. The van der Waals surface area contributed by atoms with Crippen LogP contribution in [-0.4, -0.2) is 60.3 Å². The quantitative estimate of drug-likeness (QED) is 0.678. The summed E-state index contributed by atoms with van der Waals surface area (Å²) in [5.74, 6) is 1.68. The smallest absolute Gasteiger partial charge is 0.268 e. The molecule has 24 heavy (non-hydrogen) atoms. The maximum Gasteiger partial charge on any atom is 0.268 e. The molecule has 1 amide bonds. The van der Waals surface area contributed by atoms with E-state index in [1.165, 1.54) is 16.6 Å². The zero-order valence-electron chi connectivity index (χ0n) is 13.7. The van der Waals surface area contributed by atoms with Crippen LogP contribution in [0, 0.1) is 5.92 Å². The fourth-order valence-corrected chi connectivity index (χ4v) is 5.53. The van der Waals surface area contributed by atoms with E-state index in [9.17, 15) is 13.2 Å². The third-order valence-electron chi connectivity index (χ3n) is 4.81. The van der Waals surface area contributed by atoms with Crippen molar-refractivity contribution in [1.82, 2.24) is 14.6 Å². The first-order valence-corrected chi connectivity index (χ1v) is 10.8. The van der Waals surface area contributed by atoms with Crippen LogP contribution >= 0.6 is 11.8 Å². The van der Waals surface area contributed by atoms with Crippen molar-refractivity contribution >= 4 is 27.7 Å². The Hall–Kier alpha value is -1.03. The second-order valence-electron chi connectivity index (χ2n) is 6.62. The van der Waals surface area contributed by atoms with Crippen molar-refractivity contribution in [2.75, 3.05) is 31.1 Å². The van der Waals surface area contributed by atoms with Crippen molar-refractivity contribution in [2.45, 2.75) is 30.2 Å². The van der Waals surface area contributed by atoms with E-state index in [1.54, 1.807) is 11.8 Å². The minimum absolute atomic E-state index is 0.139. The molecular weight excluding hydrogens is 348 g/mol. The van der Waals surface area contributed by atoms with Crippen LogP contribution < -0.4 is 11.1 Å². The number of hydrogen-bond donors (Lipinski definition) is 3. The molecule has 4 N–H and O–H groups in total. The van der Waals surface area contributed by atoms with Crippen molar-refractivity contribution in [2.24, 2.45) is 11.7 Å². The number of aromatic nitrogens is 1. The van der Waals surface area contributed by atoms with Gasteiger partial charge in [-0.15, -0.1) is 0 Å². The summed E-state index contributed by atoms with van der Waals surface area (Å²) in [6.45, 7) is 3.31. The molecule has 2 aliphatic rings. The van der Waals surface area contributed by atoms with E-state index in [0.29, 0.717) is 25.6 Å². The van der Waals surface area contributed by atoms with Gasteiger partial charge in [0.15, 0.2) is 0 Å². The number of thioether (sulfide) groups is 1. The Balaban J connectivity index is 1.73. The first kappa shape index (κ1) is 17.8. The van der Waals surface area contributed by atoms with E-state index in [1.807, 2.05) is 6.92 Å². The van der Waals surface area contributed by atoms with Crippen LogP contribution in [0.4, 0.5) is 0 Å². The van der Waals surface area contributed by atoms with Crippen LogP contribution in [0.3, 0.4) is 0 Å². The van der Waals surface area contributed by atoms with Crippen molar-refractivity contribution in [3.63, 3.8) is 0 Å². The molecule has 1 aromatic heterocycles. The highest BCUT2D eigenvalue weighted by Crippen LogP contribution is 2.39. The summed E-state index contributed by atoms with van der Waals surface area (Å²) in [4.78, 5) is 15.4. The Bertz CT molecular complexity index is 708. The predicted molar refractivity (Wildman–Crippen MR) is 94.5 cm³/mol. The third-order valence-corrected chi connectivity index (χ3v) is 7.63. The summed E-state index contributed by atoms with van der Waals surface area (Å²) >= 11 is 1.75. The molecule has 2 heterocycles. The third kappa shape index (κ3) is 3.49. The number of carbonyl (C=O) groups is 1. The molecule has 1 saturated heterocycles. The maximum absolute atomic E-state index is 12.6. The number of rotatable bonds is 6. The highest BCUT2D eigenvalue weighted by atomic mass is 32.2. The molecule has 1 aromatic rings. The van der Waals surface area contributed by atoms with Gasteiger partial charge in [0.05, 0.1) is 5.54 Å². The van der Waals surface area contributed by atoms with Crippen molar-refractivity contribution in [1.29, 1.82) is 0 Å². The molecule has 3 rings (SSSR count). The fraction of sp³-hybridized carbons (Fsp3) is 0.667. The highest BCUT2D eigenvalue weighted by molar-refractivity contribution is 7.99. The second-order valence-corrected chi connectivity index (χ2v) is 9.78. The Kier molecular flexibility index (Phi) is 4.96. The second kappa shape index (κ2) is 6.70. The molecule has 0 spiro atoms. The number of hydrogen-bond acceptors (Lipinski definition) is 5. The van der Waals surface area contributed by atoms with Crippen molar-refractivity contribution in [3.05, 3.63) is 18.0 Å². The van der Waals surface area contributed by atoms with E-state index in [0.717, 1.165) is 24.3 Å². The summed E-state index contributed by atoms with van der Waals surface area (Å²) in [6, 6.07) is 1.41.